The van der Waals surface area contributed by atoms with Crippen LogP contribution in [0.4, 0.5) is 0 Å². The van der Waals surface area contributed by atoms with Gasteiger partial charge in [0.2, 0.25) is 5.82 Å². The highest BCUT2D eigenvalue weighted by molar-refractivity contribution is 7.85. The number of carbonyl (C=O) groups excluding carboxylic acids is 1. The van der Waals surface area contributed by atoms with Crippen LogP contribution in [-0.4, -0.2) is 60.6 Å². The normalized spacial score (nSPS) is 16.3. The van der Waals surface area contributed by atoms with Crippen molar-refractivity contribution in [2.24, 2.45) is 0 Å². The number of hydrogen-bond acceptors (Lipinski definition) is 8. The second-order valence-electron chi connectivity index (χ2n) is 8.06. The maximum Gasteiger partial charge on any atom is 0.293 e. The van der Waals surface area contributed by atoms with Gasteiger partial charge in [0.1, 0.15) is 4.83 Å². The van der Waals surface area contributed by atoms with E-state index in [2.05, 4.69) is 4.98 Å². The van der Waals surface area contributed by atoms with E-state index in [1.54, 1.807) is 29.3 Å². The molecule has 2 aromatic heterocycles. The van der Waals surface area contributed by atoms with Crippen LogP contribution >= 0.6 is 11.3 Å². The first-order valence-corrected chi connectivity index (χ1v) is 12.7. The van der Waals surface area contributed by atoms with Gasteiger partial charge in [-0.1, -0.05) is 29.8 Å². The minimum absolute atomic E-state index is 0.0681. The number of rotatable bonds is 7. The largest absolute Gasteiger partial charge is 0.298 e. The van der Waals surface area contributed by atoms with E-state index in [0.717, 1.165) is 17.4 Å². The zero-order valence-electron chi connectivity index (χ0n) is 18.2. The molecule has 32 heavy (non-hydrogen) atoms. The van der Waals surface area contributed by atoms with E-state index in [1.807, 2.05) is 31.2 Å². The summed E-state index contributed by atoms with van der Waals surface area (Å²) in [5.74, 6) is -0.200. The first-order chi connectivity index (χ1) is 15.1. The van der Waals surface area contributed by atoms with Crippen molar-refractivity contribution in [3.63, 3.8) is 0 Å². The van der Waals surface area contributed by atoms with Crippen LogP contribution in [0.1, 0.15) is 33.6 Å². The van der Waals surface area contributed by atoms with Gasteiger partial charge in [0.25, 0.3) is 21.6 Å². The van der Waals surface area contributed by atoms with Gasteiger partial charge in [-0.3, -0.25) is 28.1 Å². The monoisotopic (exact) mass is 476 g/mol. The highest BCUT2D eigenvalue weighted by Gasteiger charge is 2.41. The van der Waals surface area contributed by atoms with Crippen LogP contribution in [0.5, 0.6) is 0 Å². The maximum absolute atomic E-state index is 13.5. The van der Waals surface area contributed by atoms with Crippen LogP contribution in [-0.2, 0) is 27.3 Å². The molecule has 0 N–H and O–H groups in total. The minimum Gasteiger partial charge on any atom is -0.298 e. The lowest BCUT2D eigenvalue weighted by Crippen LogP contribution is -2.40. The predicted octanol–water partition coefficient (Wildman–Crippen LogP) is 1.96. The van der Waals surface area contributed by atoms with E-state index >= 15 is 0 Å². The van der Waals surface area contributed by atoms with Gasteiger partial charge in [-0.25, -0.2) is 4.98 Å². The predicted molar refractivity (Wildman–Crippen MR) is 122 cm³/mol. The van der Waals surface area contributed by atoms with Crippen molar-refractivity contribution < 1.29 is 17.4 Å². The fourth-order valence-corrected chi connectivity index (χ4v) is 5.31. The first-order valence-electron chi connectivity index (χ1n) is 9.97. The molecule has 9 nitrogen and oxygen atoms in total. The van der Waals surface area contributed by atoms with Crippen molar-refractivity contribution in [2.45, 2.75) is 26.2 Å². The number of benzene rings is 1. The summed E-state index contributed by atoms with van der Waals surface area (Å²) < 4.78 is 28.8. The maximum atomic E-state index is 13.5. The third-order valence-corrected chi connectivity index (χ3v) is 6.76. The number of nitrogens with zero attached hydrogens (tertiary/aromatic N) is 4. The standard InChI is InChI=1S/C21H24N4O5S2/c1-13-6-5-7-14(10-13)11-24-20(27)17-22-18-16(19(26)25(17)21(24)23(2)3)15(12-31-18)8-9-30-32(4,28)29/h5-7,10,12,21H,8-9,11H2,1-4H3. The molecule has 1 unspecified atom stereocenters. The van der Waals surface area contributed by atoms with E-state index < -0.39 is 16.4 Å². The Bertz CT molecular complexity index is 1360. The number of aromatic nitrogens is 2. The second-order valence-corrected chi connectivity index (χ2v) is 10.6. The van der Waals surface area contributed by atoms with E-state index in [4.69, 9.17) is 4.18 Å². The first kappa shape index (κ1) is 22.6. The van der Waals surface area contributed by atoms with Crippen LogP contribution in [0.25, 0.3) is 10.2 Å². The van der Waals surface area contributed by atoms with Crippen LogP contribution in [0.15, 0.2) is 34.4 Å². The third-order valence-electron chi connectivity index (χ3n) is 5.24. The lowest BCUT2D eigenvalue weighted by atomic mass is 10.1. The Balaban J connectivity index is 1.75. The van der Waals surface area contributed by atoms with Gasteiger partial charge in [0.15, 0.2) is 6.29 Å². The molecule has 1 aliphatic heterocycles. The smallest absolute Gasteiger partial charge is 0.293 e. The van der Waals surface area contributed by atoms with E-state index in [-0.39, 0.29) is 30.3 Å². The summed E-state index contributed by atoms with van der Waals surface area (Å²) in [6.07, 6.45) is 0.608. The molecule has 0 bridgehead atoms. The second kappa shape index (κ2) is 8.39. The third kappa shape index (κ3) is 4.20. The van der Waals surface area contributed by atoms with Crippen LogP contribution in [0.2, 0.25) is 0 Å². The molecule has 0 fully saturated rings. The number of aryl methyl sites for hydroxylation is 1. The number of thiophene rings is 1. The zero-order chi connectivity index (χ0) is 23.2. The van der Waals surface area contributed by atoms with E-state index in [1.165, 1.54) is 15.9 Å². The van der Waals surface area contributed by atoms with Crippen LogP contribution in [0, 0.1) is 6.92 Å². The van der Waals surface area contributed by atoms with E-state index in [0.29, 0.717) is 22.3 Å². The summed E-state index contributed by atoms with van der Waals surface area (Å²) in [4.78, 5) is 35.2. The molecule has 1 atom stereocenters. The Morgan fingerprint density at radius 1 is 1.25 bits per heavy atom. The van der Waals surface area contributed by atoms with Crippen molar-refractivity contribution in [1.82, 2.24) is 19.4 Å². The molecule has 1 aliphatic rings. The molecule has 170 valence electrons. The molecule has 4 rings (SSSR count). The molecule has 0 radical (unpaired) electrons. The number of amides is 1. The molecule has 1 aromatic carbocycles. The molecule has 0 aliphatic carbocycles. The fourth-order valence-electron chi connectivity index (χ4n) is 3.96. The average Bonchev–Trinajstić information content (AvgIpc) is 3.22. The van der Waals surface area contributed by atoms with Gasteiger partial charge in [-0.05, 0) is 43.9 Å². The van der Waals surface area contributed by atoms with Gasteiger partial charge in [-0.2, -0.15) is 8.42 Å². The summed E-state index contributed by atoms with van der Waals surface area (Å²) in [6, 6.07) is 7.89. The lowest BCUT2D eigenvalue weighted by molar-refractivity contribution is 0.0325. The molecule has 0 saturated carbocycles. The highest BCUT2D eigenvalue weighted by atomic mass is 32.2. The number of carbonyl (C=O) groups is 1. The Hall–Kier alpha value is -2.60. The Morgan fingerprint density at radius 2 is 2.00 bits per heavy atom. The van der Waals surface area contributed by atoms with Gasteiger partial charge < -0.3 is 0 Å². The summed E-state index contributed by atoms with van der Waals surface area (Å²) in [6.45, 7) is 2.26. The lowest BCUT2D eigenvalue weighted by Gasteiger charge is -2.30. The van der Waals surface area contributed by atoms with Crippen LogP contribution in [0.3, 0.4) is 0 Å². The molecule has 1 amide bonds. The molecule has 11 heteroatoms. The molecule has 0 spiro atoms. The number of fused-ring (bicyclic) bond motifs is 2. The molecular weight excluding hydrogens is 452 g/mol. The fraction of sp³-hybridized carbons (Fsp3) is 0.381. The summed E-state index contributed by atoms with van der Waals surface area (Å²) >= 11 is 1.26. The molecule has 3 heterocycles. The van der Waals surface area contributed by atoms with Gasteiger partial charge in [-0.15, -0.1) is 11.3 Å². The zero-order valence-corrected chi connectivity index (χ0v) is 19.9. The molecular formula is C21H24N4O5S2. The Labute approximate surface area is 190 Å². The van der Waals surface area contributed by atoms with Crippen molar-refractivity contribution in [2.75, 3.05) is 27.0 Å². The average molecular weight is 477 g/mol. The van der Waals surface area contributed by atoms with Crippen molar-refractivity contribution in [1.29, 1.82) is 0 Å². The van der Waals surface area contributed by atoms with Gasteiger partial charge >= 0.3 is 0 Å². The van der Waals surface area contributed by atoms with Gasteiger partial charge in [0, 0.05) is 6.54 Å². The SMILES string of the molecule is Cc1cccc(CN2C(=O)c3nc4scc(CCOS(C)(=O)=O)c4c(=O)n3C2N(C)C)c1. The molecule has 0 saturated heterocycles. The van der Waals surface area contributed by atoms with Crippen molar-refractivity contribution >= 4 is 37.6 Å². The molecule has 3 aromatic rings. The van der Waals surface area contributed by atoms with Crippen molar-refractivity contribution in [3.05, 3.63) is 62.5 Å². The van der Waals surface area contributed by atoms with Gasteiger partial charge in [0.05, 0.1) is 18.2 Å². The Morgan fingerprint density at radius 3 is 2.66 bits per heavy atom. The summed E-state index contributed by atoms with van der Waals surface area (Å²) in [5, 5.41) is 2.16. The highest BCUT2D eigenvalue weighted by Crippen LogP contribution is 2.31. The summed E-state index contributed by atoms with van der Waals surface area (Å²) in [7, 11) is 0.0426. The quantitative estimate of drug-likeness (QED) is 0.481. The van der Waals surface area contributed by atoms with Crippen LogP contribution < -0.4 is 5.56 Å². The topological polar surface area (TPSA) is 102 Å². The minimum atomic E-state index is -3.57. The summed E-state index contributed by atoms with van der Waals surface area (Å²) in [5.41, 5.74) is 2.39. The van der Waals surface area contributed by atoms with E-state index in [9.17, 15) is 18.0 Å². The van der Waals surface area contributed by atoms with Crippen molar-refractivity contribution in [3.8, 4) is 0 Å². The number of hydrogen-bond donors (Lipinski definition) is 0. The Kier molecular flexibility index (Phi) is 5.93.